The van der Waals surface area contributed by atoms with E-state index in [-0.39, 0.29) is 5.56 Å². The van der Waals surface area contributed by atoms with Gasteiger partial charge in [0.15, 0.2) is 17.0 Å². The number of H-pyrrole nitrogens is 1. The Kier molecular flexibility index (Phi) is 5.91. The number of aryl methyl sites for hydroxylation is 1. The zero-order valence-electron chi connectivity index (χ0n) is 16.3. The number of hydrogen-bond acceptors (Lipinski definition) is 3. The number of aromatic amines is 1. The molecule has 0 amide bonds. The van der Waals surface area contributed by atoms with Crippen LogP contribution in [0.2, 0.25) is 0 Å². The van der Waals surface area contributed by atoms with Crippen LogP contribution in [0, 0.1) is 0 Å². The van der Waals surface area contributed by atoms with E-state index in [0.717, 1.165) is 43.9 Å². The maximum Gasteiger partial charge on any atom is 0.329 e. The van der Waals surface area contributed by atoms with Crippen molar-refractivity contribution >= 4 is 11.2 Å². The zero-order valence-corrected chi connectivity index (χ0v) is 16.3. The van der Waals surface area contributed by atoms with Crippen LogP contribution in [0.5, 0.6) is 0 Å². The SMILES string of the molecule is CCCC[NH+](CC)Cc1nc2c(c(=O)[nH]c(=O)n2C)n1Cc1ccccc1. The molecule has 3 rings (SSSR count). The summed E-state index contributed by atoms with van der Waals surface area (Å²) in [6, 6.07) is 10.0. The number of aromatic nitrogens is 4. The van der Waals surface area contributed by atoms with Gasteiger partial charge in [-0.15, -0.1) is 0 Å². The van der Waals surface area contributed by atoms with Crippen LogP contribution in [0.25, 0.3) is 11.2 Å². The number of nitrogens with zero attached hydrogens (tertiary/aromatic N) is 3. The molecule has 2 heterocycles. The van der Waals surface area contributed by atoms with E-state index in [1.54, 1.807) is 7.05 Å². The van der Waals surface area contributed by atoms with E-state index in [2.05, 4.69) is 18.8 Å². The second-order valence-electron chi connectivity index (χ2n) is 6.97. The number of unbranched alkanes of at least 4 members (excludes halogenated alkanes) is 1. The first-order chi connectivity index (χ1) is 13.0. The summed E-state index contributed by atoms with van der Waals surface area (Å²) in [5.74, 6) is 0.841. The number of benzene rings is 1. The summed E-state index contributed by atoms with van der Waals surface area (Å²) < 4.78 is 3.38. The van der Waals surface area contributed by atoms with Crippen molar-refractivity contribution in [3.63, 3.8) is 0 Å². The van der Waals surface area contributed by atoms with Gasteiger partial charge < -0.3 is 9.47 Å². The van der Waals surface area contributed by atoms with Crippen LogP contribution in [-0.4, -0.2) is 32.2 Å². The minimum atomic E-state index is -0.436. The first-order valence-electron chi connectivity index (χ1n) is 9.61. The lowest BCUT2D eigenvalue weighted by Gasteiger charge is -2.18. The molecule has 1 unspecified atom stereocenters. The molecule has 27 heavy (non-hydrogen) atoms. The third-order valence-corrected chi connectivity index (χ3v) is 5.06. The Morgan fingerprint density at radius 3 is 2.56 bits per heavy atom. The van der Waals surface area contributed by atoms with E-state index in [0.29, 0.717) is 17.7 Å². The van der Waals surface area contributed by atoms with Crippen molar-refractivity contribution in [1.82, 2.24) is 19.1 Å². The van der Waals surface area contributed by atoms with Gasteiger partial charge in [-0.2, -0.15) is 0 Å². The molecule has 2 N–H and O–H groups in total. The van der Waals surface area contributed by atoms with Gasteiger partial charge in [0.05, 0.1) is 13.1 Å². The summed E-state index contributed by atoms with van der Waals surface area (Å²) in [6.45, 7) is 7.69. The van der Waals surface area contributed by atoms with Crippen molar-refractivity contribution in [1.29, 1.82) is 0 Å². The van der Waals surface area contributed by atoms with Gasteiger partial charge in [-0.25, -0.2) is 9.78 Å². The van der Waals surface area contributed by atoms with Gasteiger partial charge >= 0.3 is 5.69 Å². The Morgan fingerprint density at radius 2 is 1.89 bits per heavy atom. The normalized spacial score (nSPS) is 12.6. The maximum absolute atomic E-state index is 12.6. The fraction of sp³-hybridized carbons (Fsp3) is 0.450. The highest BCUT2D eigenvalue weighted by Gasteiger charge is 2.20. The Bertz CT molecular complexity index is 1020. The number of imidazole rings is 1. The van der Waals surface area contributed by atoms with Gasteiger partial charge in [0.1, 0.15) is 6.54 Å². The Balaban J connectivity index is 2.11. The smallest absolute Gasteiger partial charge is 0.329 e. The van der Waals surface area contributed by atoms with Gasteiger partial charge in [0.25, 0.3) is 5.56 Å². The monoisotopic (exact) mass is 370 g/mol. The lowest BCUT2D eigenvalue weighted by Crippen LogP contribution is -3.10. The molecular weight excluding hydrogens is 342 g/mol. The highest BCUT2D eigenvalue weighted by atomic mass is 16.2. The number of rotatable bonds is 8. The predicted molar refractivity (Wildman–Crippen MR) is 106 cm³/mol. The molecular formula is C20H28N5O2+. The summed E-state index contributed by atoms with van der Waals surface area (Å²) in [4.78, 5) is 33.1. The van der Waals surface area contributed by atoms with Crippen molar-refractivity contribution < 1.29 is 4.90 Å². The Hall–Kier alpha value is -2.67. The molecule has 144 valence electrons. The topological polar surface area (TPSA) is 77.1 Å². The van der Waals surface area contributed by atoms with E-state index in [1.165, 1.54) is 9.47 Å². The molecule has 0 spiro atoms. The van der Waals surface area contributed by atoms with E-state index in [1.807, 2.05) is 34.9 Å². The summed E-state index contributed by atoms with van der Waals surface area (Å²) in [5.41, 5.74) is 1.18. The van der Waals surface area contributed by atoms with Gasteiger partial charge in [-0.05, 0) is 18.9 Å². The fourth-order valence-electron chi connectivity index (χ4n) is 3.39. The molecule has 7 heteroatoms. The molecule has 0 saturated heterocycles. The first-order valence-corrected chi connectivity index (χ1v) is 9.61. The molecule has 7 nitrogen and oxygen atoms in total. The molecule has 1 atom stereocenters. The number of nitrogens with one attached hydrogen (secondary N) is 2. The van der Waals surface area contributed by atoms with Crippen molar-refractivity contribution in [2.45, 2.75) is 39.8 Å². The predicted octanol–water partition coefficient (Wildman–Crippen LogP) is 0.677. The van der Waals surface area contributed by atoms with Crippen LogP contribution in [0.1, 0.15) is 38.1 Å². The summed E-state index contributed by atoms with van der Waals surface area (Å²) in [6.07, 6.45) is 2.30. The van der Waals surface area contributed by atoms with Crippen LogP contribution in [0.15, 0.2) is 39.9 Å². The third kappa shape index (κ3) is 4.03. The average molecular weight is 370 g/mol. The Labute approximate surface area is 158 Å². The molecule has 3 aromatic rings. The van der Waals surface area contributed by atoms with Crippen molar-refractivity contribution in [2.75, 3.05) is 13.1 Å². The molecule has 0 aliphatic carbocycles. The molecule has 2 aromatic heterocycles. The maximum atomic E-state index is 12.6. The zero-order chi connectivity index (χ0) is 19.4. The molecule has 1 aromatic carbocycles. The van der Waals surface area contributed by atoms with E-state index in [9.17, 15) is 9.59 Å². The molecule has 0 saturated carbocycles. The highest BCUT2D eigenvalue weighted by Crippen LogP contribution is 2.13. The second-order valence-corrected chi connectivity index (χ2v) is 6.97. The van der Waals surface area contributed by atoms with Gasteiger partial charge in [-0.1, -0.05) is 43.7 Å². The molecule has 0 bridgehead atoms. The van der Waals surface area contributed by atoms with Gasteiger partial charge in [-0.3, -0.25) is 14.3 Å². The number of quaternary nitrogens is 1. The summed E-state index contributed by atoms with van der Waals surface area (Å²) >= 11 is 0. The third-order valence-electron chi connectivity index (χ3n) is 5.06. The van der Waals surface area contributed by atoms with Crippen LogP contribution in [0.3, 0.4) is 0 Å². The largest absolute Gasteiger partial charge is 0.329 e. The second kappa shape index (κ2) is 8.35. The van der Waals surface area contributed by atoms with E-state index < -0.39 is 5.69 Å². The van der Waals surface area contributed by atoms with Crippen LogP contribution >= 0.6 is 0 Å². The lowest BCUT2D eigenvalue weighted by molar-refractivity contribution is -0.913. The summed E-state index contributed by atoms with van der Waals surface area (Å²) in [5, 5.41) is 0. The van der Waals surface area contributed by atoms with Gasteiger partial charge in [0, 0.05) is 13.6 Å². The minimum absolute atomic E-state index is 0.380. The molecule has 0 radical (unpaired) electrons. The van der Waals surface area contributed by atoms with Gasteiger partial charge in [0.2, 0.25) is 0 Å². The highest BCUT2D eigenvalue weighted by molar-refractivity contribution is 5.71. The van der Waals surface area contributed by atoms with E-state index in [4.69, 9.17) is 4.98 Å². The Morgan fingerprint density at radius 1 is 1.15 bits per heavy atom. The number of fused-ring (bicyclic) bond motifs is 1. The van der Waals surface area contributed by atoms with Crippen LogP contribution in [-0.2, 0) is 20.1 Å². The first kappa shape index (κ1) is 19.1. The quantitative estimate of drug-likeness (QED) is 0.612. The molecule has 0 aliphatic rings. The minimum Gasteiger partial charge on any atom is -0.329 e. The molecule has 0 aliphatic heterocycles. The van der Waals surface area contributed by atoms with Crippen LogP contribution < -0.4 is 16.1 Å². The van der Waals surface area contributed by atoms with Crippen LogP contribution in [0.4, 0.5) is 0 Å². The molecule has 0 fully saturated rings. The van der Waals surface area contributed by atoms with Crippen molar-refractivity contribution in [2.24, 2.45) is 7.05 Å². The number of hydrogen-bond donors (Lipinski definition) is 2. The lowest BCUT2D eigenvalue weighted by atomic mass is 10.2. The van der Waals surface area contributed by atoms with E-state index >= 15 is 0 Å². The van der Waals surface area contributed by atoms with Crippen molar-refractivity contribution in [3.05, 3.63) is 62.6 Å². The average Bonchev–Trinajstić information content (AvgIpc) is 3.02. The standard InChI is InChI=1S/C20H27N5O2/c1-4-6-12-24(5-2)14-16-21-18-17(19(26)22-20(27)23(18)3)25(16)13-15-10-8-7-9-11-15/h7-11H,4-6,12-14H2,1-3H3,(H,22,26,27)/p+1. The fourth-order valence-corrected chi connectivity index (χ4v) is 3.39. The van der Waals surface area contributed by atoms with Crippen molar-refractivity contribution in [3.8, 4) is 0 Å². The summed E-state index contributed by atoms with van der Waals surface area (Å²) in [7, 11) is 1.64.